The average molecular weight is 383 g/mol. The second kappa shape index (κ2) is 8.39. The van der Waals surface area contributed by atoms with E-state index in [-0.39, 0.29) is 18.0 Å². The van der Waals surface area contributed by atoms with Crippen LogP contribution >= 0.6 is 0 Å². The molecule has 3 rings (SSSR count). The standard InChI is InChI=1S/C21H18FNO5/c1-14-10-17(6-7-19(14)28-13-21(25)26)23-9-8-18(11-20(23)24)27-12-15-2-4-16(22)5-3-15/h2-11H,12-13H2,1H3,(H,25,26). The number of carboxylic acid groups (broad SMARTS) is 1. The van der Waals surface area contributed by atoms with Crippen LogP contribution in [0.2, 0.25) is 0 Å². The summed E-state index contributed by atoms with van der Waals surface area (Å²) in [5.41, 5.74) is 1.84. The number of benzene rings is 2. The van der Waals surface area contributed by atoms with Crippen molar-refractivity contribution in [2.75, 3.05) is 6.61 Å². The number of aromatic nitrogens is 1. The number of hydrogen-bond donors (Lipinski definition) is 1. The van der Waals surface area contributed by atoms with Crippen molar-refractivity contribution in [1.29, 1.82) is 0 Å². The molecule has 0 aliphatic rings. The molecule has 0 unspecified atom stereocenters. The van der Waals surface area contributed by atoms with Gasteiger partial charge >= 0.3 is 5.97 Å². The lowest BCUT2D eigenvalue weighted by atomic mass is 10.2. The van der Waals surface area contributed by atoms with E-state index in [4.69, 9.17) is 14.6 Å². The maximum absolute atomic E-state index is 12.9. The van der Waals surface area contributed by atoms with Gasteiger partial charge in [0.1, 0.15) is 23.9 Å². The highest BCUT2D eigenvalue weighted by molar-refractivity contribution is 5.68. The Labute approximate surface area is 160 Å². The molecule has 1 heterocycles. The number of carbonyl (C=O) groups is 1. The van der Waals surface area contributed by atoms with Gasteiger partial charge in [-0.2, -0.15) is 0 Å². The maximum atomic E-state index is 12.9. The van der Waals surface area contributed by atoms with Gasteiger partial charge in [-0.3, -0.25) is 9.36 Å². The van der Waals surface area contributed by atoms with Gasteiger partial charge in [0.05, 0.1) is 0 Å². The van der Waals surface area contributed by atoms with Crippen molar-refractivity contribution in [2.45, 2.75) is 13.5 Å². The molecule has 0 aliphatic heterocycles. The summed E-state index contributed by atoms with van der Waals surface area (Å²) in [5.74, 6) is -0.529. The molecule has 144 valence electrons. The molecule has 1 N–H and O–H groups in total. The van der Waals surface area contributed by atoms with Crippen molar-refractivity contribution in [2.24, 2.45) is 0 Å². The third-order valence-corrected chi connectivity index (χ3v) is 4.00. The number of aryl methyl sites for hydroxylation is 1. The molecule has 0 aliphatic carbocycles. The molecule has 0 amide bonds. The molecule has 0 radical (unpaired) electrons. The third-order valence-electron chi connectivity index (χ3n) is 4.00. The van der Waals surface area contributed by atoms with E-state index < -0.39 is 12.6 Å². The van der Waals surface area contributed by atoms with Gasteiger partial charge in [0.15, 0.2) is 6.61 Å². The fraction of sp³-hybridized carbons (Fsp3) is 0.143. The average Bonchev–Trinajstić information content (AvgIpc) is 2.66. The van der Waals surface area contributed by atoms with Gasteiger partial charge in [0.2, 0.25) is 0 Å². The highest BCUT2D eigenvalue weighted by atomic mass is 19.1. The highest BCUT2D eigenvalue weighted by Gasteiger charge is 2.07. The van der Waals surface area contributed by atoms with Crippen LogP contribution in [0.3, 0.4) is 0 Å². The highest BCUT2D eigenvalue weighted by Crippen LogP contribution is 2.21. The Balaban J connectivity index is 1.73. The smallest absolute Gasteiger partial charge is 0.341 e. The van der Waals surface area contributed by atoms with Crippen molar-refractivity contribution in [3.63, 3.8) is 0 Å². The first kappa shape index (κ1) is 19.2. The SMILES string of the molecule is Cc1cc(-n2ccc(OCc3ccc(F)cc3)cc2=O)ccc1OCC(=O)O. The molecule has 0 spiro atoms. The minimum Gasteiger partial charge on any atom is -0.489 e. The van der Waals surface area contributed by atoms with Crippen LogP contribution in [0.5, 0.6) is 11.5 Å². The molecule has 0 fully saturated rings. The zero-order valence-electron chi connectivity index (χ0n) is 15.1. The molecule has 1 aromatic heterocycles. The van der Waals surface area contributed by atoms with Gasteiger partial charge in [-0.05, 0) is 54.4 Å². The predicted octanol–water partition coefficient (Wildman–Crippen LogP) is 3.33. The number of aliphatic carboxylic acids is 1. The topological polar surface area (TPSA) is 77.8 Å². The summed E-state index contributed by atoms with van der Waals surface area (Å²) >= 11 is 0. The van der Waals surface area contributed by atoms with Crippen molar-refractivity contribution in [1.82, 2.24) is 4.57 Å². The van der Waals surface area contributed by atoms with Crippen molar-refractivity contribution in [3.8, 4) is 17.2 Å². The number of hydrogen-bond acceptors (Lipinski definition) is 4. The van der Waals surface area contributed by atoms with E-state index in [1.165, 1.54) is 22.8 Å². The molecule has 7 heteroatoms. The lowest BCUT2D eigenvalue weighted by molar-refractivity contribution is -0.139. The molecule has 0 atom stereocenters. The lowest BCUT2D eigenvalue weighted by Gasteiger charge is -2.12. The first-order chi connectivity index (χ1) is 13.4. The first-order valence-corrected chi connectivity index (χ1v) is 8.48. The van der Waals surface area contributed by atoms with E-state index >= 15 is 0 Å². The summed E-state index contributed by atoms with van der Waals surface area (Å²) in [6.07, 6.45) is 1.59. The molecule has 2 aromatic carbocycles. The van der Waals surface area contributed by atoms with Crippen LogP contribution in [0, 0.1) is 12.7 Å². The van der Waals surface area contributed by atoms with E-state index in [9.17, 15) is 14.0 Å². The van der Waals surface area contributed by atoms with Gasteiger partial charge in [0, 0.05) is 18.0 Å². The van der Waals surface area contributed by atoms with Gasteiger partial charge < -0.3 is 14.6 Å². The van der Waals surface area contributed by atoms with Gasteiger partial charge in [-0.15, -0.1) is 0 Å². The fourth-order valence-electron chi connectivity index (χ4n) is 2.60. The predicted molar refractivity (Wildman–Crippen MR) is 101 cm³/mol. The summed E-state index contributed by atoms with van der Waals surface area (Å²) in [5, 5.41) is 8.69. The minimum atomic E-state index is -1.06. The molecule has 0 saturated heterocycles. The Kier molecular flexibility index (Phi) is 5.74. The molecule has 6 nitrogen and oxygen atoms in total. The zero-order chi connectivity index (χ0) is 20.1. The van der Waals surface area contributed by atoms with Crippen LogP contribution in [0.4, 0.5) is 4.39 Å². The Morgan fingerprint density at radius 2 is 1.82 bits per heavy atom. The molecular formula is C21H18FNO5. The number of pyridine rings is 1. The molecule has 28 heavy (non-hydrogen) atoms. The van der Waals surface area contributed by atoms with E-state index in [0.29, 0.717) is 22.7 Å². The lowest BCUT2D eigenvalue weighted by Crippen LogP contribution is -2.17. The van der Waals surface area contributed by atoms with Crippen LogP contribution in [-0.4, -0.2) is 22.2 Å². The van der Waals surface area contributed by atoms with Gasteiger partial charge in [0.25, 0.3) is 5.56 Å². The minimum absolute atomic E-state index is 0.221. The quantitative estimate of drug-likeness (QED) is 0.677. The second-order valence-electron chi connectivity index (χ2n) is 6.12. The second-order valence-corrected chi connectivity index (χ2v) is 6.12. The summed E-state index contributed by atoms with van der Waals surface area (Å²) in [6, 6.07) is 14.0. The van der Waals surface area contributed by atoms with E-state index in [2.05, 4.69) is 0 Å². The van der Waals surface area contributed by atoms with Crippen LogP contribution in [0.15, 0.2) is 65.6 Å². The van der Waals surface area contributed by atoms with Crippen molar-refractivity contribution >= 4 is 5.97 Å². The number of ether oxygens (including phenoxy) is 2. The number of nitrogens with zero attached hydrogens (tertiary/aromatic N) is 1. The molecule has 0 bridgehead atoms. The Hall–Kier alpha value is -3.61. The van der Waals surface area contributed by atoms with Crippen molar-refractivity contribution < 1.29 is 23.8 Å². The Morgan fingerprint density at radius 1 is 1.07 bits per heavy atom. The Bertz CT molecular complexity index is 1040. The summed E-state index contributed by atoms with van der Waals surface area (Å²) < 4.78 is 25.1. The van der Waals surface area contributed by atoms with Crippen LogP contribution in [0.25, 0.3) is 5.69 Å². The molecule has 0 saturated carbocycles. The van der Waals surface area contributed by atoms with Gasteiger partial charge in [-0.25, -0.2) is 9.18 Å². The zero-order valence-corrected chi connectivity index (χ0v) is 15.1. The van der Waals surface area contributed by atoms with E-state index in [0.717, 1.165) is 5.56 Å². The normalized spacial score (nSPS) is 10.5. The van der Waals surface area contributed by atoms with Crippen LogP contribution in [0.1, 0.15) is 11.1 Å². The number of carboxylic acids is 1. The monoisotopic (exact) mass is 383 g/mol. The third kappa shape index (κ3) is 4.76. The maximum Gasteiger partial charge on any atom is 0.341 e. The number of halogens is 1. The largest absolute Gasteiger partial charge is 0.489 e. The summed E-state index contributed by atoms with van der Waals surface area (Å²) in [6.45, 7) is 1.56. The molecule has 3 aromatic rings. The summed E-state index contributed by atoms with van der Waals surface area (Å²) in [7, 11) is 0. The summed E-state index contributed by atoms with van der Waals surface area (Å²) in [4.78, 5) is 23.0. The van der Waals surface area contributed by atoms with Crippen LogP contribution < -0.4 is 15.0 Å². The van der Waals surface area contributed by atoms with Crippen LogP contribution in [-0.2, 0) is 11.4 Å². The van der Waals surface area contributed by atoms with E-state index in [1.807, 2.05) is 0 Å². The van der Waals surface area contributed by atoms with E-state index in [1.54, 1.807) is 49.5 Å². The first-order valence-electron chi connectivity index (χ1n) is 8.48. The number of rotatable bonds is 7. The fourth-order valence-corrected chi connectivity index (χ4v) is 2.60. The van der Waals surface area contributed by atoms with Crippen molar-refractivity contribution in [3.05, 3.63) is 88.1 Å². The molecular weight excluding hydrogens is 365 g/mol. The van der Waals surface area contributed by atoms with Gasteiger partial charge in [-0.1, -0.05) is 12.1 Å². The Morgan fingerprint density at radius 3 is 2.46 bits per heavy atom.